The maximum atomic E-state index is 9.47. The quantitative estimate of drug-likeness (QED) is 0.702. The largest absolute Gasteiger partial charge is 0.508 e. The molecule has 0 spiro atoms. The Kier molecular flexibility index (Phi) is 3.21. The van der Waals surface area contributed by atoms with Gasteiger partial charge in [-0.1, -0.05) is 24.3 Å². The van der Waals surface area contributed by atoms with E-state index in [1.165, 1.54) is 10.9 Å². The molecule has 0 bridgehead atoms. The van der Waals surface area contributed by atoms with Gasteiger partial charge < -0.3 is 5.11 Å². The molecule has 0 aliphatic rings. The Morgan fingerprint density at radius 2 is 1.75 bits per heavy atom. The van der Waals surface area contributed by atoms with Crippen LogP contribution in [0, 0.1) is 0 Å². The summed E-state index contributed by atoms with van der Waals surface area (Å²) in [6, 6.07) is 19.8. The lowest BCUT2D eigenvalue weighted by Crippen LogP contribution is -2.32. The van der Waals surface area contributed by atoms with Crippen LogP contribution in [0.4, 0.5) is 0 Å². The lowest BCUT2D eigenvalue weighted by atomic mass is 10.1. The van der Waals surface area contributed by atoms with Gasteiger partial charge in [-0.2, -0.15) is 4.57 Å². The second-order valence-corrected chi connectivity index (χ2v) is 4.80. The topological polar surface area (TPSA) is 24.1 Å². The van der Waals surface area contributed by atoms with Crippen LogP contribution < -0.4 is 4.57 Å². The van der Waals surface area contributed by atoms with Crippen LogP contribution in [-0.2, 0) is 7.05 Å². The van der Waals surface area contributed by atoms with Crippen molar-refractivity contribution in [3.05, 3.63) is 71.9 Å². The van der Waals surface area contributed by atoms with Gasteiger partial charge in [0, 0.05) is 23.6 Å². The molecule has 2 heteroatoms. The third kappa shape index (κ3) is 2.41. The molecule has 0 radical (unpaired) electrons. The summed E-state index contributed by atoms with van der Waals surface area (Å²) in [7, 11) is 2.06. The summed E-state index contributed by atoms with van der Waals surface area (Å²) < 4.78 is 2.16. The molecule has 0 saturated heterocycles. The number of para-hydroxylation sites is 1. The van der Waals surface area contributed by atoms with Gasteiger partial charge in [0.25, 0.3) is 0 Å². The minimum atomic E-state index is 0.287. The summed E-state index contributed by atoms with van der Waals surface area (Å²) in [5.74, 6) is 0.287. The Morgan fingerprint density at radius 3 is 2.60 bits per heavy atom. The van der Waals surface area contributed by atoms with Crippen LogP contribution in [-0.4, -0.2) is 5.11 Å². The third-order valence-electron chi connectivity index (χ3n) is 3.44. The normalized spacial score (nSPS) is 11.2. The number of aromatic hydroxyl groups is 1. The highest BCUT2D eigenvalue weighted by molar-refractivity contribution is 5.77. The number of phenolic OH excluding ortho intramolecular Hbond substituents is 1. The molecule has 0 aliphatic heterocycles. The van der Waals surface area contributed by atoms with E-state index < -0.39 is 0 Å². The van der Waals surface area contributed by atoms with E-state index in [2.05, 4.69) is 42.0 Å². The Balaban J connectivity index is 2.01. The Hall–Kier alpha value is -2.61. The summed E-state index contributed by atoms with van der Waals surface area (Å²) in [5, 5.41) is 10.7. The molecule has 0 aliphatic carbocycles. The third-order valence-corrected chi connectivity index (χ3v) is 3.44. The van der Waals surface area contributed by atoms with Crippen molar-refractivity contribution in [2.45, 2.75) is 0 Å². The summed E-state index contributed by atoms with van der Waals surface area (Å²) in [5.41, 5.74) is 3.30. The van der Waals surface area contributed by atoms with E-state index in [4.69, 9.17) is 0 Å². The van der Waals surface area contributed by atoms with Gasteiger partial charge in [0.05, 0.1) is 0 Å². The van der Waals surface area contributed by atoms with Crippen LogP contribution >= 0.6 is 0 Å². The van der Waals surface area contributed by atoms with Gasteiger partial charge in [-0.15, -0.1) is 0 Å². The van der Waals surface area contributed by atoms with Gasteiger partial charge in [-0.3, -0.25) is 0 Å². The van der Waals surface area contributed by atoms with Gasteiger partial charge >= 0.3 is 0 Å². The van der Waals surface area contributed by atoms with Crippen molar-refractivity contribution in [2.24, 2.45) is 7.05 Å². The average molecular weight is 262 g/mol. The summed E-state index contributed by atoms with van der Waals surface area (Å²) in [4.78, 5) is 0. The fourth-order valence-electron chi connectivity index (χ4n) is 2.34. The summed E-state index contributed by atoms with van der Waals surface area (Å²) in [6.07, 6.45) is 4.06. The zero-order chi connectivity index (χ0) is 13.9. The number of fused-ring (bicyclic) bond motifs is 1. The number of pyridine rings is 1. The van der Waals surface area contributed by atoms with E-state index >= 15 is 0 Å². The molecule has 1 aromatic heterocycles. The fourth-order valence-corrected chi connectivity index (χ4v) is 2.34. The lowest BCUT2D eigenvalue weighted by molar-refractivity contribution is -0.646. The van der Waals surface area contributed by atoms with E-state index in [0.29, 0.717) is 0 Å². The van der Waals surface area contributed by atoms with E-state index in [-0.39, 0.29) is 5.75 Å². The smallest absolute Gasteiger partial charge is 0.212 e. The SMILES string of the molecule is C[n+]1c(/C=C/c2cccc(O)c2)ccc2ccccc21. The predicted octanol–water partition coefficient (Wildman–Crippen LogP) is 3.54. The zero-order valence-electron chi connectivity index (χ0n) is 11.3. The van der Waals surface area contributed by atoms with Crippen molar-refractivity contribution in [3.8, 4) is 5.75 Å². The van der Waals surface area contributed by atoms with Crippen LogP contribution in [0.3, 0.4) is 0 Å². The number of nitrogens with zero attached hydrogens (tertiary/aromatic N) is 1. The number of hydrogen-bond acceptors (Lipinski definition) is 1. The van der Waals surface area contributed by atoms with Gasteiger partial charge in [0.2, 0.25) is 11.2 Å². The first-order valence-corrected chi connectivity index (χ1v) is 6.59. The second-order valence-electron chi connectivity index (χ2n) is 4.80. The molecule has 0 saturated carbocycles. The second kappa shape index (κ2) is 5.17. The highest BCUT2D eigenvalue weighted by Crippen LogP contribution is 2.14. The molecule has 0 amide bonds. The van der Waals surface area contributed by atoms with Gasteiger partial charge in [0.1, 0.15) is 12.8 Å². The van der Waals surface area contributed by atoms with E-state index in [1.807, 2.05) is 30.3 Å². The molecule has 2 nitrogen and oxygen atoms in total. The first-order valence-electron chi connectivity index (χ1n) is 6.59. The number of aromatic nitrogens is 1. The van der Waals surface area contributed by atoms with Crippen molar-refractivity contribution in [2.75, 3.05) is 0 Å². The van der Waals surface area contributed by atoms with Crippen molar-refractivity contribution >= 4 is 23.1 Å². The van der Waals surface area contributed by atoms with Crippen LogP contribution in [0.15, 0.2) is 60.7 Å². The molecule has 3 aromatic rings. The molecule has 0 atom stereocenters. The first kappa shape index (κ1) is 12.4. The minimum absolute atomic E-state index is 0.287. The molecule has 98 valence electrons. The van der Waals surface area contributed by atoms with Gasteiger partial charge in [-0.05, 0) is 35.9 Å². The van der Waals surface area contributed by atoms with Crippen LogP contribution in [0.25, 0.3) is 23.1 Å². The monoisotopic (exact) mass is 262 g/mol. The number of benzene rings is 2. The predicted molar refractivity (Wildman–Crippen MR) is 82.2 cm³/mol. The Morgan fingerprint density at radius 1 is 0.900 bits per heavy atom. The first-order chi connectivity index (χ1) is 9.74. The van der Waals surface area contributed by atoms with Crippen LogP contribution in [0.1, 0.15) is 11.3 Å². The lowest BCUT2D eigenvalue weighted by Gasteiger charge is -2.00. The standard InChI is InChI=1S/C18H15NO/c1-19-16(11-9-14-5-4-7-17(20)13-14)12-10-15-6-2-3-8-18(15)19/h2-13H,1H3/p+1/b11-9+. The number of hydrogen-bond donors (Lipinski definition) is 1. The molecule has 1 N–H and O–H groups in total. The Bertz CT molecular complexity index is 790. The fraction of sp³-hybridized carbons (Fsp3) is 0.0556. The van der Waals surface area contributed by atoms with E-state index in [1.54, 1.807) is 12.1 Å². The van der Waals surface area contributed by atoms with Gasteiger partial charge in [-0.25, -0.2) is 0 Å². The number of aryl methyl sites for hydroxylation is 1. The zero-order valence-corrected chi connectivity index (χ0v) is 11.3. The van der Waals surface area contributed by atoms with Crippen molar-refractivity contribution in [3.63, 3.8) is 0 Å². The van der Waals surface area contributed by atoms with Crippen molar-refractivity contribution < 1.29 is 9.67 Å². The molecule has 3 rings (SSSR count). The molecule has 0 unspecified atom stereocenters. The van der Waals surface area contributed by atoms with Crippen LogP contribution in [0.5, 0.6) is 5.75 Å². The Labute approximate surface area is 118 Å². The van der Waals surface area contributed by atoms with E-state index in [9.17, 15) is 5.11 Å². The molecule has 20 heavy (non-hydrogen) atoms. The summed E-state index contributed by atoms with van der Waals surface area (Å²) in [6.45, 7) is 0. The molecular weight excluding hydrogens is 246 g/mol. The molecule has 2 aromatic carbocycles. The maximum Gasteiger partial charge on any atom is 0.212 e. The average Bonchev–Trinajstić information content (AvgIpc) is 2.47. The summed E-state index contributed by atoms with van der Waals surface area (Å²) >= 11 is 0. The minimum Gasteiger partial charge on any atom is -0.508 e. The van der Waals surface area contributed by atoms with Crippen molar-refractivity contribution in [1.29, 1.82) is 0 Å². The van der Waals surface area contributed by atoms with Gasteiger partial charge in [0.15, 0.2) is 0 Å². The number of rotatable bonds is 2. The highest BCUT2D eigenvalue weighted by atomic mass is 16.3. The van der Waals surface area contributed by atoms with Crippen LogP contribution in [0.2, 0.25) is 0 Å². The molecular formula is C18H16NO+. The molecule has 1 heterocycles. The van der Waals surface area contributed by atoms with Crippen molar-refractivity contribution in [1.82, 2.24) is 0 Å². The molecule has 0 fully saturated rings. The number of phenols is 1. The highest BCUT2D eigenvalue weighted by Gasteiger charge is 2.07. The van der Waals surface area contributed by atoms with E-state index in [0.717, 1.165) is 11.3 Å². The maximum absolute atomic E-state index is 9.47.